The van der Waals surface area contributed by atoms with Crippen molar-refractivity contribution >= 4 is 35.1 Å². The monoisotopic (exact) mass is 626 g/mol. The van der Waals surface area contributed by atoms with E-state index in [2.05, 4.69) is 11.8 Å². The molecule has 3 aromatic carbocycles. The van der Waals surface area contributed by atoms with Crippen LogP contribution >= 0.6 is 23.2 Å². The predicted octanol–water partition coefficient (Wildman–Crippen LogP) is 7.35. The Morgan fingerprint density at radius 2 is 1.53 bits per heavy atom. The second-order valence-corrected chi connectivity index (χ2v) is 12.4. The Morgan fingerprint density at radius 3 is 2.09 bits per heavy atom. The highest BCUT2D eigenvalue weighted by molar-refractivity contribution is 6.30. The smallest absolute Gasteiger partial charge is 0.306 e. The van der Waals surface area contributed by atoms with Gasteiger partial charge in [0.15, 0.2) is 0 Å². The molecule has 4 atom stereocenters. The number of likely N-dealkylation sites (tertiary alicyclic amines) is 1. The first kappa shape index (κ1) is 31.5. The van der Waals surface area contributed by atoms with Crippen molar-refractivity contribution in [3.8, 4) is 0 Å². The van der Waals surface area contributed by atoms with Crippen LogP contribution < -0.4 is 0 Å². The van der Waals surface area contributed by atoms with E-state index in [1.54, 1.807) is 12.1 Å². The molecule has 2 aliphatic rings. The zero-order valence-corrected chi connectivity index (χ0v) is 25.7. The summed E-state index contributed by atoms with van der Waals surface area (Å²) >= 11 is 12.5. The lowest BCUT2D eigenvalue weighted by atomic mass is 9.88. The van der Waals surface area contributed by atoms with Gasteiger partial charge in [0.1, 0.15) is 18.0 Å². The molecule has 0 unspecified atom stereocenters. The summed E-state index contributed by atoms with van der Waals surface area (Å²) in [4.78, 5) is 30.4. The van der Waals surface area contributed by atoms with Crippen LogP contribution in [0.2, 0.25) is 10.0 Å². The average molecular weight is 628 g/mol. The number of rotatable bonds is 10. The third-order valence-electron chi connectivity index (χ3n) is 8.59. The van der Waals surface area contributed by atoms with Crippen molar-refractivity contribution < 1.29 is 23.8 Å². The molecule has 6 nitrogen and oxygen atoms in total. The number of carbonyl (C=O) groups excluding carboxylic acids is 1. The van der Waals surface area contributed by atoms with Gasteiger partial charge in [-0.15, -0.1) is 0 Å². The van der Waals surface area contributed by atoms with Crippen molar-refractivity contribution in [1.82, 2.24) is 9.80 Å². The molecular formula is C34H37Cl2FN2O4. The number of carboxylic acid groups (broad SMARTS) is 1. The SMILES string of the molecule is CCC[C@@H](CN1CCC(C(=O)O)CC1)N1C(=O)[C@H](Cc2ccc(F)cc2)O[C@@H](c2ccc(Cl)cc2)[C@H]1c1ccc(Cl)cc1. The molecule has 2 heterocycles. The zero-order chi connectivity index (χ0) is 30.5. The van der Waals surface area contributed by atoms with Gasteiger partial charge in [-0.3, -0.25) is 9.59 Å². The van der Waals surface area contributed by atoms with Gasteiger partial charge in [-0.05, 0) is 85.4 Å². The number of amides is 1. The summed E-state index contributed by atoms with van der Waals surface area (Å²) < 4.78 is 20.4. The summed E-state index contributed by atoms with van der Waals surface area (Å²) in [5.41, 5.74) is 2.61. The first-order chi connectivity index (χ1) is 20.7. The minimum absolute atomic E-state index is 0.117. The lowest BCUT2D eigenvalue weighted by molar-refractivity contribution is -0.180. The van der Waals surface area contributed by atoms with Crippen molar-refractivity contribution in [3.05, 3.63) is 105 Å². The molecule has 2 aliphatic heterocycles. The van der Waals surface area contributed by atoms with Crippen LogP contribution in [0, 0.1) is 11.7 Å². The number of nitrogens with zero attached hydrogens (tertiary/aromatic N) is 2. The number of ether oxygens (including phenoxy) is 1. The van der Waals surface area contributed by atoms with E-state index in [-0.39, 0.29) is 23.7 Å². The number of aliphatic carboxylic acids is 1. The number of carboxylic acids is 1. The van der Waals surface area contributed by atoms with E-state index >= 15 is 0 Å². The first-order valence-electron chi connectivity index (χ1n) is 14.9. The standard InChI is InChI=1S/C34H37Cl2FN2O4/c1-2-3-29(21-38-18-16-25(17-19-38)34(41)42)39-31(23-6-10-26(35)11-7-23)32(24-8-12-27(36)13-9-24)43-30(33(39)40)20-22-4-14-28(37)15-5-22/h4-15,25,29-32H,2-3,16-21H2,1H3,(H,41,42)/t29-,30-,31+,32-/m0/s1. The fraction of sp³-hybridized carbons (Fsp3) is 0.412. The number of hydrogen-bond donors (Lipinski definition) is 1. The molecule has 5 rings (SSSR count). The molecule has 0 bridgehead atoms. The Labute approximate surface area is 262 Å². The normalized spacial score (nSPS) is 22.5. The van der Waals surface area contributed by atoms with E-state index in [0.717, 1.165) is 29.5 Å². The number of piperidine rings is 1. The van der Waals surface area contributed by atoms with Crippen LogP contribution in [0.4, 0.5) is 4.39 Å². The quantitative estimate of drug-likeness (QED) is 0.255. The number of hydrogen-bond acceptors (Lipinski definition) is 4. The van der Waals surface area contributed by atoms with Crippen LogP contribution in [0.25, 0.3) is 0 Å². The van der Waals surface area contributed by atoms with Gasteiger partial charge in [-0.25, -0.2) is 4.39 Å². The molecule has 228 valence electrons. The van der Waals surface area contributed by atoms with Crippen molar-refractivity contribution in [2.75, 3.05) is 19.6 Å². The highest BCUT2D eigenvalue weighted by Gasteiger charge is 2.47. The second kappa shape index (κ2) is 14.2. The predicted molar refractivity (Wildman–Crippen MR) is 166 cm³/mol. The van der Waals surface area contributed by atoms with Gasteiger partial charge in [-0.2, -0.15) is 0 Å². The molecule has 0 saturated carbocycles. The topological polar surface area (TPSA) is 70.1 Å². The maximum atomic E-state index is 14.6. The molecule has 1 N–H and O–H groups in total. The number of halogens is 3. The molecule has 9 heteroatoms. The maximum absolute atomic E-state index is 14.6. The second-order valence-electron chi connectivity index (χ2n) is 11.5. The third-order valence-corrected chi connectivity index (χ3v) is 9.10. The Bertz CT molecular complexity index is 1380. The van der Waals surface area contributed by atoms with Crippen LogP contribution in [0.1, 0.15) is 61.4 Å². The average Bonchev–Trinajstić information content (AvgIpc) is 3.00. The third kappa shape index (κ3) is 7.58. The molecule has 1 amide bonds. The number of morpholine rings is 1. The van der Waals surface area contributed by atoms with Crippen LogP contribution in [0.5, 0.6) is 0 Å². The van der Waals surface area contributed by atoms with Crippen molar-refractivity contribution in [2.24, 2.45) is 5.92 Å². The van der Waals surface area contributed by atoms with E-state index in [1.807, 2.05) is 53.4 Å². The molecular weight excluding hydrogens is 590 g/mol. The Morgan fingerprint density at radius 1 is 0.953 bits per heavy atom. The lowest BCUT2D eigenvalue weighted by Crippen LogP contribution is -2.58. The molecule has 43 heavy (non-hydrogen) atoms. The summed E-state index contributed by atoms with van der Waals surface area (Å²) in [5, 5.41) is 10.7. The van der Waals surface area contributed by atoms with Crippen molar-refractivity contribution in [1.29, 1.82) is 0 Å². The van der Waals surface area contributed by atoms with Crippen molar-refractivity contribution in [2.45, 2.75) is 63.3 Å². The van der Waals surface area contributed by atoms with E-state index in [1.165, 1.54) is 12.1 Å². The van der Waals surface area contributed by atoms with Crippen molar-refractivity contribution in [3.63, 3.8) is 0 Å². The van der Waals surface area contributed by atoms with Gasteiger partial charge in [0.2, 0.25) is 0 Å². The Hall–Kier alpha value is -2.97. The van der Waals surface area contributed by atoms with Crippen LogP contribution in [0.3, 0.4) is 0 Å². The van der Waals surface area contributed by atoms with E-state index < -0.39 is 24.2 Å². The van der Waals surface area contributed by atoms with E-state index in [4.69, 9.17) is 27.9 Å². The summed E-state index contributed by atoms with van der Waals surface area (Å²) in [6.45, 7) is 4.08. The molecule has 0 aliphatic carbocycles. The molecule has 2 saturated heterocycles. The van der Waals surface area contributed by atoms with Gasteiger partial charge in [0, 0.05) is 29.1 Å². The Kier molecular flexibility index (Phi) is 10.4. The number of benzene rings is 3. The first-order valence-corrected chi connectivity index (χ1v) is 15.7. The maximum Gasteiger partial charge on any atom is 0.306 e. The Balaban J connectivity index is 1.55. The number of carbonyl (C=O) groups is 2. The highest BCUT2D eigenvalue weighted by Crippen LogP contribution is 2.44. The lowest BCUT2D eigenvalue weighted by Gasteiger charge is -2.49. The molecule has 2 fully saturated rings. The van der Waals surface area contributed by atoms with Gasteiger partial charge < -0.3 is 19.6 Å². The fourth-order valence-corrected chi connectivity index (χ4v) is 6.61. The summed E-state index contributed by atoms with van der Waals surface area (Å²) in [6, 6.07) is 20.7. The van der Waals surface area contributed by atoms with Crippen LogP contribution in [-0.2, 0) is 20.7 Å². The largest absolute Gasteiger partial charge is 0.481 e. The summed E-state index contributed by atoms with van der Waals surface area (Å²) in [7, 11) is 0. The van der Waals surface area contributed by atoms with Crippen LogP contribution in [0.15, 0.2) is 72.8 Å². The highest BCUT2D eigenvalue weighted by atomic mass is 35.5. The summed E-state index contributed by atoms with van der Waals surface area (Å²) in [5.74, 6) is -1.53. The van der Waals surface area contributed by atoms with Gasteiger partial charge in [-0.1, -0.05) is 72.9 Å². The van der Waals surface area contributed by atoms with Gasteiger partial charge >= 0.3 is 5.97 Å². The van der Waals surface area contributed by atoms with Gasteiger partial charge in [0.05, 0.1) is 12.0 Å². The molecule has 3 aromatic rings. The molecule has 0 aromatic heterocycles. The van der Waals surface area contributed by atoms with E-state index in [9.17, 15) is 19.1 Å². The minimum Gasteiger partial charge on any atom is -0.481 e. The molecule has 0 radical (unpaired) electrons. The van der Waals surface area contributed by atoms with Gasteiger partial charge in [0.25, 0.3) is 5.91 Å². The minimum atomic E-state index is -0.785. The summed E-state index contributed by atoms with van der Waals surface area (Å²) in [6.07, 6.45) is 1.83. The fourth-order valence-electron chi connectivity index (χ4n) is 6.36. The zero-order valence-electron chi connectivity index (χ0n) is 24.2. The van der Waals surface area contributed by atoms with E-state index in [0.29, 0.717) is 48.9 Å². The molecule has 0 spiro atoms. The van der Waals surface area contributed by atoms with Crippen LogP contribution in [-0.4, -0.2) is 58.6 Å².